The van der Waals surface area contributed by atoms with Crippen molar-refractivity contribution < 1.29 is 17.6 Å². The molecule has 1 amide bonds. The van der Waals surface area contributed by atoms with Crippen molar-refractivity contribution in [1.29, 1.82) is 0 Å². The summed E-state index contributed by atoms with van der Waals surface area (Å²) >= 11 is 0. The molecule has 1 aromatic heterocycles. The largest absolute Gasteiger partial charge is 0.456 e. The van der Waals surface area contributed by atoms with Crippen molar-refractivity contribution in [3.8, 4) is 0 Å². The van der Waals surface area contributed by atoms with Crippen molar-refractivity contribution in [2.24, 2.45) is 0 Å². The molecule has 4 aromatic rings. The van der Waals surface area contributed by atoms with Gasteiger partial charge < -0.3 is 9.73 Å². The van der Waals surface area contributed by atoms with Gasteiger partial charge in [0.15, 0.2) is 0 Å². The van der Waals surface area contributed by atoms with Gasteiger partial charge in [-0.3, -0.25) is 9.10 Å². The van der Waals surface area contributed by atoms with E-state index in [1.165, 1.54) is 0 Å². The van der Waals surface area contributed by atoms with Crippen LogP contribution in [0, 0.1) is 6.92 Å². The first-order chi connectivity index (χ1) is 13.8. The van der Waals surface area contributed by atoms with Crippen LogP contribution in [0.2, 0.25) is 0 Å². The lowest BCUT2D eigenvalue weighted by Gasteiger charge is -2.23. The zero-order valence-corrected chi connectivity index (χ0v) is 16.9. The number of nitrogens with one attached hydrogen (secondary N) is 1. The average Bonchev–Trinajstić information content (AvgIpc) is 3.04. The fraction of sp³-hybridized carbons (Fsp3) is 0.136. The second-order valence-corrected chi connectivity index (χ2v) is 8.82. The van der Waals surface area contributed by atoms with Crippen molar-refractivity contribution >= 4 is 49.2 Å². The highest BCUT2D eigenvalue weighted by Gasteiger charge is 2.22. The minimum atomic E-state index is -3.62. The van der Waals surface area contributed by atoms with E-state index in [9.17, 15) is 13.2 Å². The van der Waals surface area contributed by atoms with Crippen LogP contribution in [0.5, 0.6) is 0 Å². The molecule has 0 bridgehead atoms. The van der Waals surface area contributed by atoms with Crippen LogP contribution < -0.4 is 9.62 Å². The summed E-state index contributed by atoms with van der Waals surface area (Å²) in [5, 5.41) is 4.63. The molecule has 0 aliphatic rings. The molecule has 0 aliphatic heterocycles. The molecule has 0 unspecified atom stereocenters. The maximum absolute atomic E-state index is 12.7. The first-order valence-electron chi connectivity index (χ1n) is 9.07. The Labute approximate surface area is 168 Å². The van der Waals surface area contributed by atoms with Gasteiger partial charge in [0, 0.05) is 16.5 Å². The number of carbonyl (C=O) groups excluding carboxylic acids is 1. The Bertz CT molecular complexity index is 1330. The number of hydrogen-bond donors (Lipinski definition) is 1. The highest BCUT2D eigenvalue weighted by Crippen LogP contribution is 2.30. The number of rotatable bonds is 5. The minimum absolute atomic E-state index is 0.312. The van der Waals surface area contributed by atoms with Crippen LogP contribution in [-0.2, 0) is 14.8 Å². The Hall–Kier alpha value is -3.32. The zero-order chi connectivity index (χ0) is 20.6. The van der Waals surface area contributed by atoms with Crippen LogP contribution in [0.1, 0.15) is 5.56 Å². The van der Waals surface area contributed by atoms with Crippen LogP contribution in [0.4, 0.5) is 11.4 Å². The van der Waals surface area contributed by atoms with Crippen LogP contribution in [0.25, 0.3) is 21.9 Å². The van der Waals surface area contributed by atoms with Gasteiger partial charge >= 0.3 is 0 Å². The second kappa shape index (κ2) is 7.25. The molecular formula is C22H20N2O4S. The van der Waals surface area contributed by atoms with Gasteiger partial charge in [-0.15, -0.1) is 0 Å². The lowest BCUT2D eigenvalue weighted by Crippen LogP contribution is -2.37. The number of para-hydroxylation sites is 2. The molecule has 4 rings (SSSR count). The number of aryl methyl sites for hydroxylation is 1. The van der Waals surface area contributed by atoms with Crippen molar-refractivity contribution in [3.63, 3.8) is 0 Å². The summed E-state index contributed by atoms with van der Waals surface area (Å²) in [6.07, 6.45) is 1.09. The number of amides is 1. The standard InChI is InChI=1S/C22H20N2O4S/c1-15-7-3-5-9-19(15)24(29(2,26)27)14-22(25)23-16-11-12-21-18(13-16)17-8-4-6-10-20(17)28-21/h3-13H,14H2,1-2H3,(H,23,25). The number of fused-ring (bicyclic) bond motifs is 3. The van der Waals surface area contributed by atoms with Gasteiger partial charge in [-0.2, -0.15) is 0 Å². The van der Waals surface area contributed by atoms with E-state index in [1.807, 2.05) is 49.4 Å². The summed E-state index contributed by atoms with van der Waals surface area (Å²) in [5.41, 5.74) is 3.33. The minimum Gasteiger partial charge on any atom is -0.456 e. The third kappa shape index (κ3) is 3.82. The molecule has 148 valence electrons. The number of sulfonamides is 1. The summed E-state index contributed by atoms with van der Waals surface area (Å²) in [6, 6.07) is 20.1. The summed E-state index contributed by atoms with van der Waals surface area (Å²) in [5.74, 6) is -0.425. The topological polar surface area (TPSA) is 79.6 Å². The van der Waals surface area contributed by atoms with Gasteiger partial charge in [0.25, 0.3) is 0 Å². The van der Waals surface area contributed by atoms with Crippen LogP contribution in [-0.4, -0.2) is 27.1 Å². The zero-order valence-electron chi connectivity index (χ0n) is 16.0. The monoisotopic (exact) mass is 408 g/mol. The molecular weight excluding hydrogens is 388 g/mol. The average molecular weight is 408 g/mol. The Morgan fingerprint density at radius 3 is 2.41 bits per heavy atom. The van der Waals surface area contributed by atoms with Gasteiger partial charge in [0.1, 0.15) is 17.7 Å². The lowest BCUT2D eigenvalue weighted by atomic mass is 10.1. The quantitative estimate of drug-likeness (QED) is 0.534. The molecule has 1 heterocycles. The van der Waals surface area contributed by atoms with Crippen molar-refractivity contribution in [2.45, 2.75) is 6.92 Å². The number of hydrogen-bond acceptors (Lipinski definition) is 4. The van der Waals surface area contributed by atoms with E-state index >= 15 is 0 Å². The van der Waals surface area contributed by atoms with Crippen LogP contribution in [0.15, 0.2) is 71.1 Å². The van der Waals surface area contributed by atoms with E-state index in [0.29, 0.717) is 11.4 Å². The summed E-state index contributed by atoms with van der Waals surface area (Å²) in [4.78, 5) is 12.7. The summed E-state index contributed by atoms with van der Waals surface area (Å²) in [7, 11) is -3.62. The van der Waals surface area contributed by atoms with Gasteiger partial charge in [-0.1, -0.05) is 36.4 Å². The number of furan rings is 1. The molecule has 0 aliphatic carbocycles. The van der Waals surface area contributed by atoms with Crippen LogP contribution in [0.3, 0.4) is 0 Å². The molecule has 1 N–H and O–H groups in total. The van der Waals surface area contributed by atoms with Gasteiger partial charge in [0.2, 0.25) is 15.9 Å². The third-order valence-corrected chi connectivity index (χ3v) is 5.86. The highest BCUT2D eigenvalue weighted by atomic mass is 32.2. The Kier molecular flexibility index (Phi) is 4.76. The molecule has 6 nitrogen and oxygen atoms in total. The van der Waals surface area contributed by atoms with Gasteiger partial charge in [-0.25, -0.2) is 8.42 Å². The lowest BCUT2D eigenvalue weighted by molar-refractivity contribution is -0.114. The smallest absolute Gasteiger partial charge is 0.245 e. The number of nitrogens with zero attached hydrogens (tertiary/aromatic N) is 1. The van der Waals surface area contributed by atoms with E-state index < -0.39 is 15.9 Å². The van der Waals surface area contributed by atoms with Crippen molar-refractivity contribution in [3.05, 3.63) is 72.3 Å². The van der Waals surface area contributed by atoms with E-state index in [-0.39, 0.29) is 6.54 Å². The predicted octanol–water partition coefficient (Wildman–Crippen LogP) is 4.30. The molecule has 0 fully saturated rings. The number of carbonyl (C=O) groups is 1. The SMILES string of the molecule is Cc1ccccc1N(CC(=O)Nc1ccc2oc3ccccc3c2c1)S(C)(=O)=O. The molecule has 0 saturated carbocycles. The second-order valence-electron chi connectivity index (χ2n) is 6.91. The molecule has 29 heavy (non-hydrogen) atoms. The molecule has 3 aromatic carbocycles. The van der Waals surface area contributed by atoms with Crippen molar-refractivity contribution in [1.82, 2.24) is 0 Å². The molecule has 7 heteroatoms. The van der Waals surface area contributed by atoms with Gasteiger partial charge in [0.05, 0.1) is 11.9 Å². The Balaban J connectivity index is 1.61. The number of anilines is 2. The first kappa shape index (κ1) is 19.0. The van der Waals surface area contributed by atoms with E-state index in [1.54, 1.807) is 24.3 Å². The predicted molar refractivity (Wildman–Crippen MR) is 116 cm³/mol. The maximum atomic E-state index is 12.7. The number of benzene rings is 3. The summed E-state index contributed by atoms with van der Waals surface area (Å²) < 4.78 is 31.5. The molecule has 0 atom stereocenters. The molecule has 0 spiro atoms. The van der Waals surface area contributed by atoms with Gasteiger partial charge in [-0.05, 0) is 42.8 Å². The van der Waals surface area contributed by atoms with Crippen LogP contribution >= 0.6 is 0 Å². The summed E-state index contributed by atoms with van der Waals surface area (Å²) in [6.45, 7) is 1.50. The Morgan fingerprint density at radius 1 is 0.966 bits per heavy atom. The Morgan fingerprint density at radius 2 is 1.66 bits per heavy atom. The van der Waals surface area contributed by atoms with E-state index in [2.05, 4.69) is 5.32 Å². The maximum Gasteiger partial charge on any atom is 0.245 e. The third-order valence-electron chi connectivity index (χ3n) is 4.73. The fourth-order valence-corrected chi connectivity index (χ4v) is 4.27. The molecule has 0 radical (unpaired) electrons. The molecule has 0 saturated heterocycles. The van der Waals surface area contributed by atoms with E-state index in [4.69, 9.17) is 4.42 Å². The van der Waals surface area contributed by atoms with Crippen molar-refractivity contribution in [2.75, 3.05) is 22.4 Å². The first-order valence-corrected chi connectivity index (χ1v) is 10.9. The highest BCUT2D eigenvalue weighted by molar-refractivity contribution is 7.92. The normalized spacial score (nSPS) is 11.7. The van der Waals surface area contributed by atoms with E-state index in [0.717, 1.165) is 38.1 Å². The fourth-order valence-electron chi connectivity index (χ4n) is 3.36.